The number of aromatic carboxylic acids is 1. The van der Waals surface area contributed by atoms with Gasteiger partial charge in [-0.15, -0.1) is 0 Å². The van der Waals surface area contributed by atoms with Crippen LogP contribution in [0.15, 0.2) is 23.0 Å². The van der Waals surface area contributed by atoms with Gasteiger partial charge in [-0.05, 0) is 24.6 Å². The maximum Gasteiger partial charge on any atom is 0.356 e. The first kappa shape index (κ1) is 10.2. The van der Waals surface area contributed by atoms with Gasteiger partial charge in [0.25, 0.3) is 0 Å². The number of aromatic hydroxyl groups is 1. The molecule has 0 aliphatic rings. The zero-order chi connectivity index (χ0) is 11.9. The molecule has 1 heterocycles. The third-order valence-corrected chi connectivity index (χ3v) is 2.35. The van der Waals surface area contributed by atoms with Crippen LogP contribution in [0.4, 0.5) is 0 Å². The van der Waals surface area contributed by atoms with Crippen molar-refractivity contribution in [2.45, 2.75) is 6.92 Å². The van der Waals surface area contributed by atoms with E-state index < -0.39 is 22.8 Å². The first-order valence-electron chi connectivity index (χ1n) is 4.59. The Bertz CT molecular complexity index is 642. The van der Waals surface area contributed by atoms with Crippen LogP contribution in [-0.2, 0) is 0 Å². The Hall–Kier alpha value is -2.30. The van der Waals surface area contributed by atoms with Crippen molar-refractivity contribution in [1.82, 2.24) is 4.98 Å². The number of hydrogen-bond donors (Lipinski definition) is 3. The molecule has 82 valence electrons. The lowest BCUT2D eigenvalue weighted by Crippen LogP contribution is -2.11. The molecule has 0 bridgehead atoms. The van der Waals surface area contributed by atoms with E-state index in [9.17, 15) is 14.7 Å². The van der Waals surface area contributed by atoms with E-state index in [0.29, 0.717) is 5.52 Å². The third kappa shape index (κ3) is 1.42. The maximum atomic E-state index is 11.6. The van der Waals surface area contributed by atoms with E-state index in [1.807, 2.05) is 6.92 Å². The Kier molecular flexibility index (Phi) is 2.16. The van der Waals surface area contributed by atoms with Gasteiger partial charge in [-0.1, -0.05) is 6.07 Å². The van der Waals surface area contributed by atoms with Crippen molar-refractivity contribution in [3.63, 3.8) is 0 Å². The van der Waals surface area contributed by atoms with E-state index >= 15 is 0 Å². The van der Waals surface area contributed by atoms with Gasteiger partial charge in [0, 0.05) is 5.39 Å². The van der Waals surface area contributed by atoms with E-state index in [1.165, 1.54) is 0 Å². The van der Waals surface area contributed by atoms with Gasteiger partial charge in [-0.25, -0.2) is 4.79 Å². The summed E-state index contributed by atoms with van der Waals surface area (Å²) in [5.74, 6) is -2.12. The van der Waals surface area contributed by atoms with Crippen LogP contribution in [0.3, 0.4) is 0 Å². The summed E-state index contributed by atoms with van der Waals surface area (Å²) in [5, 5.41) is 18.5. The van der Waals surface area contributed by atoms with Gasteiger partial charge < -0.3 is 15.2 Å². The number of carbonyl (C=O) groups is 1. The van der Waals surface area contributed by atoms with E-state index in [4.69, 9.17) is 5.11 Å². The topological polar surface area (TPSA) is 90.4 Å². The standard InChI is InChI=1S/C11H9NO4/c1-5-2-3-6-7(4-5)12-8(11(15)16)10(14)9(6)13/h2-4,14H,1H3,(H,12,13)(H,15,16). The molecule has 0 radical (unpaired) electrons. The highest BCUT2D eigenvalue weighted by molar-refractivity contribution is 5.93. The Labute approximate surface area is 90.0 Å². The van der Waals surface area contributed by atoms with Crippen molar-refractivity contribution in [3.8, 4) is 5.75 Å². The summed E-state index contributed by atoms with van der Waals surface area (Å²) in [6, 6.07) is 4.93. The molecule has 5 nitrogen and oxygen atoms in total. The molecule has 0 saturated heterocycles. The molecule has 0 fully saturated rings. The Balaban J connectivity index is 2.94. The zero-order valence-electron chi connectivity index (χ0n) is 8.44. The van der Waals surface area contributed by atoms with E-state index in [1.54, 1.807) is 18.2 Å². The lowest BCUT2D eigenvalue weighted by atomic mass is 10.1. The minimum atomic E-state index is -1.36. The van der Waals surface area contributed by atoms with Gasteiger partial charge in [0.1, 0.15) is 0 Å². The molecule has 0 unspecified atom stereocenters. The van der Waals surface area contributed by atoms with Crippen molar-refractivity contribution in [3.05, 3.63) is 39.7 Å². The van der Waals surface area contributed by atoms with Gasteiger partial charge in [0.15, 0.2) is 11.4 Å². The monoisotopic (exact) mass is 219 g/mol. The molecule has 2 rings (SSSR count). The number of nitrogens with one attached hydrogen (secondary N) is 1. The fourth-order valence-corrected chi connectivity index (χ4v) is 1.55. The number of aromatic nitrogens is 1. The van der Waals surface area contributed by atoms with Crippen LogP contribution in [0.2, 0.25) is 0 Å². The average Bonchev–Trinajstić information content (AvgIpc) is 2.22. The summed E-state index contributed by atoms with van der Waals surface area (Å²) >= 11 is 0. The number of carboxylic acids is 1. The van der Waals surface area contributed by atoms with E-state index in [0.717, 1.165) is 5.56 Å². The molecule has 0 saturated carbocycles. The van der Waals surface area contributed by atoms with Crippen molar-refractivity contribution in [1.29, 1.82) is 0 Å². The van der Waals surface area contributed by atoms with Crippen LogP contribution >= 0.6 is 0 Å². The number of carboxylic acid groups (broad SMARTS) is 1. The second-order valence-electron chi connectivity index (χ2n) is 3.53. The number of aromatic amines is 1. The minimum absolute atomic E-state index is 0.271. The van der Waals surface area contributed by atoms with E-state index in [2.05, 4.69) is 4.98 Å². The normalized spacial score (nSPS) is 10.6. The molecule has 0 amide bonds. The molecule has 0 atom stereocenters. The SMILES string of the molecule is Cc1ccc2c(=O)c(O)c(C(=O)O)[nH]c2c1. The van der Waals surface area contributed by atoms with Crippen molar-refractivity contribution in [2.75, 3.05) is 0 Å². The Morgan fingerprint density at radius 2 is 2.06 bits per heavy atom. The highest BCUT2D eigenvalue weighted by atomic mass is 16.4. The number of benzene rings is 1. The van der Waals surface area contributed by atoms with Crippen LogP contribution in [-0.4, -0.2) is 21.2 Å². The van der Waals surface area contributed by atoms with Crippen LogP contribution in [0.25, 0.3) is 10.9 Å². The number of rotatable bonds is 1. The number of pyridine rings is 1. The van der Waals surface area contributed by atoms with Crippen LogP contribution in [0, 0.1) is 6.92 Å². The van der Waals surface area contributed by atoms with E-state index in [-0.39, 0.29) is 5.39 Å². The second-order valence-corrected chi connectivity index (χ2v) is 3.53. The largest absolute Gasteiger partial charge is 0.502 e. The van der Waals surface area contributed by atoms with Crippen LogP contribution in [0.5, 0.6) is 5.75 Å². The quantitative estimate of drug-likeness (QED) is 0.673. The number of H-pyrrole nitrogens is 1. The van der Waals surface area contributed by atoms with Gasteiger partial charge in [0.2, 0.25) is 5.43 Å². The van der Waals surface area contributed by atoms with Gasteiger partial charge >= 0.3 is 5.97 Å². The molecule has 3 N–H and O–H groups in total. The lowest BCUT2D eigenvalue weighted by Gasteiger charge is -2.03. The van der Waals surface area contributed by atoms with Gasteiger partial charge in [0.05, 0.1) is 5.52 Å². The smallest absolute Gasteiger partial charge is 0.356 e. The molecular formula is C11H9NO4. The summed E-state index contributed by atoms with van der Waals surface area (Å²) in [5.41, 5.74) is 0.139. The van der Waals surface area contributed by atoms with Crippen molar-refractivity contribution in [2.24, 2.45) is 0 Å². The maximum absolute atomic E-state index is 11.6. The Morgan fingerprint density at radius 3 is 2.69 bits per heavy atom. The third-order valence-electron chi connectivity index (χ3n) is 2.35. The highest BCUT2D eigenvalue weighted by Gasteiger charge is 2.15. The lowest BCUT2D eigenvalue weighted by molar-refractivity contribution is 0.0687. The predicted octanol–water partition coefficient (Wildman–Crippen LogP) is 1.24. The summed E-state index contributed by atoms with van der Waals surface area (Å²) < 4.78 is 0. The molecule has 16 heavy (non-hydrogen) atoms. The molecule has 1 aromatic carbocycles. The van der Waals surface area contributed by atoms with Gasteiger partial charge in [-0.2, -0.15) is 0 Å². The number of fused-ring (bicyclic) bond motifs is 1. The van der Waals surface area contributed by atoms with Crippen LogP contribution in [0.1, 0.15) is 16.1 Å². The zero-order valence-corrected chi connectivity index (χ0v) is 8.44. The molecule has 2 aromatic rings. The minimum Gasteiger partial charge on any atom is -0.502 e. The van der Waals surface area contributed by atoms with Crippen molar-refractivity contribution >= 4 is 16.9 Å². The predicted molar refractivity (Wildman–Crippen MR) is 57.9 cm³/mol. The average molecular weight is 219 g/mol. The molecule has 5 heteroatoms. The Morgan fingerprint density at radius 1 is 1.38 bits per heavy atom. The first-order valence-corrected chi connectivity index (χ1v) is 4.59. The summed E-state index contributed by atoms with van der Waals surface area (Å²) in [7, 11) is 0. The number of aryl methyl sites for hydroxylation is 1. The molecule has 0 spiro atoms. The van der Waals surface area contributed by atoms with Gasteiger partial charge in [-0.3, -0.25) is 4.79 Å². The highest BCUT2D eigenvalue weighted by Crippen LogP contribution is 2.16. The molecule has 0 aliphatic carbocycles. The first-order chi connectivity index (χ1) is 7.50. The molecule has 0 aliphatic heterocycles. The molecule has 1 aromatic heterocycles. The summed E-state index contributed by atoms with van der Waals surface area (Å²) in [6.07, 6.45) is 0. The fraction of sp³-hybridized carbons (Fsp3) is 0.0909. The summed E-state index contributed by atoms with van der Waals surface area (Å²) in [6.45, 7) is 1.82. The second kappa shape index (κ2) is 3.37. The van der Waals surface area contributed by atoms with Crippen LogP contribution < -0.4 is 5.43 Å². The fourth-order valence-electron chi connectivity index (χ4n) is 1.55. The van der Waals surface area contributed by atoms with Crippen molar-refractivity contribution < 1.29 is 15.0 Å². The number of hydrogen-bond acceptors (Lipinski definition) is 3. The summed E-state index contributed by atoms with van der Waals surface area (Å²) in [4.78, 5) is 24.9. The molecular weight excluding hydrogens is 210 g/mol.